The van der Waals surface area contributed by atoms with E-state index in [-0.39, 0.29) is 17.2 Å². The molecule has 1 amide bonds. The zero-order valence-electron chi connectivity index (χ0n) is 16.9. The van der Waals surface area contributed by atoms with E-state index in [0.29, 0.717) is 10.7 Å². The van der Waals surface area contributed by atoms with Crippen LogP contribution in [0.25, 0.3) is 0 Å². The normalized spacial score (nSPS) is 17.0. The molecule has 0 aromatic heterocycles. The number of carbonyl (C=O) groups excluding carboxylic acids is 1. The molecule has 0 radical (unpaired) electrons. The fraction of sp³-hybridized carbons (Fsp3) is 0.269. The number of hydrogen-bond donors (Lipinski definition) is 1. The zero-order valence-corrected chi connectivity index (χ0v) is 17.7. The largest absolute Gasteiger partial charge is 0.324 e. The first kappa shape index (κ1) is 19.7. The van der Waals surface area contributed by atoms with Crippen LogP contribution in [0.15, 0.2) is 72.8 Å². The summed E-state index contributed by atoms with van der Waals surface area (Å²) in [6.07, 6.45) is 2.82. The third-order valence-corrected chi connectivity index (χ3v) is 6.49. The molecule has 2 nitrogen and oxygen atoms in total. The van der Waals surface area contributed by atoms with Gasteiger partial charge in [0.15, 0.2) is 0 Å². The highest BCUT2D eigenvalue weighted by atomic mass is 35.5. The van der Waals surface area contributed by atoms with Crippen LogP contribution in [0.1, 0.15) is 42.5 Å². The van der Waals surface area contributed by atoms with E-state index in [4.69, 9.17) is 11.6 Å². The van der Waals surface area contributed by atoms with E-state index in [9.17, 15) is 4.79 Å². The second-order valence-electron chi connectivity index (χ2n) is 7.80. The first-order valence-electron chi connectivity index (χ1n) is 10.3. The Kier molecular flexibility index (Phi) is 5.47. The van der Waals surface area contributed by atoms with E-state index in [1.165, 1.54) is 22.3 Å². The molecule has 1 atom stereocenters. The van der Waals surface area contributed by atoms with Gasteiger partial charge in [0.25, 0.3) is 0 Å². The van der Waals surface area contributed by atoms with E-state index in [1.807, 2.05) is 18.2 Å². The van der Waals surface area contributed by atoms with Gasteiger partial charge in [-0.05, 0) is 53.6 Å². The van der Waals surface area contributed by atoms with Crippen molar-refractivity contribution in [1.29, 1.82) is 0 Å². The minimum atomic E-state index is -0.274. The fourth-order valence-electron chi connectivity index (χ4n) is 4.24. The number of rotatable bonds is 6. The van der Waals surface area contributed by atoms with Crippen molar-refractivity contribution < 1.29 is 4.79 Å². The van der Waals surface area contributed by atoms with Crippen molar-refractivity contribution in [2.75, 3.05) is 5.32 Å². The molecule has 3 aromatic carbocycles. The van der Waals surface area contributed by atoms with Gasteiger partial charge in [-0.15, -0.1) is 0 Å². The number of halogens is 1. The lowest BCUT2D eigenvalue weighted by Crippen LogP contribution is -2.22. The lowest BCUT2D eigenvalue weighted by molar-refractivity contribution is -0.117. The maximum Gasteiger partial charge on any atom is 0.228 e. The van der Waals surface area contributed by atoms with Crippen molar-refractivity contribution in [2.24, 2.45) is 5.92 Å². The molecule has 1 saturated carbocycles. The molecular formula is C26H26ClNO. The lowest BCUT2D eigenvalue weighted by atomic mass is 9.84. The number of benzene rings is 3. The zero-order chi connectivity index (χ0) is 20.4. The molecule has 0 saturated heterocycles. The van der Waals surface area contributed by atoms with Gasteiger partial charge in [0, 0.05) is 5.41 Å². The topological polar surface area (TPSA) is 29.1 Å². The van der Waals surface area contributed by atoms with Crippen LogP contribution in [-0.4, -0.2) is 5.91 Å². The predicted molar refractivity (Wildman–Crippen MR) is 121 cm³/mol. The van der Waals surface area contributed by atoms with Gasteiger partial charge >= 0.3 is 0 Å². The number of carbonyl (C=O) groups is 1. The van der Waals surface area contributed by atoms with Crippen LogP contribution in [0.5, 0.6) is 0 Å². The average Bonchev–Trinajstić information content (AvgIpc) is 3.52. The molecule has 148 valence electrons. The number of aryl methyl sites for hydroxylation is 2. The van der Waals surface area contributed by atoms with Gasteiger partial charge in [-0.2, -0.15) is 0 Å². The Bertz CT molecular complexity index is 960. The van der Waals surface area contributed by atoms with Crippen LogP contribution in [0.2, 0.25) is 5.02 Å². The van der Waals surface area contributed by atoms with Gasteiger partial charge < -0.3 is 5.32 Å². The maximum absolute atomic E-state index is 13.2. The smallest absolute Gasteiger partial charge is 0.228 e. The molecule has 0 heterocycles. The van der Waals surface area contributed by atoms with Gasteiger partial charge in [-0.25, -0.2) is 0 Å². The molecule has 3 aromatic rings. The highest BCUT2D eigenvalue weighted by Crippen LogP contribution is 2.59. The van der Waals surface area contributed by atoms with Gasteiger partial charge in [-0.3, -0.25) is 4.79 Å². The summed E-state index contributed by atoms with van der Waals surface area (Å²) >= 11 is 6.25. The number of nitrogens with one attached hydrogen (secondary N) is 1. The SMILES string of the molecule is CCc1ccc(C2(c3ccc(CC)cc3)C[C@H]2C(=O)Nc2ccccc2Cl)cc1. The van der Waals surface area contributed by atoms with Crippen molar-refractivity contribution in [3.8, 4) is 0 Å². The summed E-state index contributed by atoms with van der Waals surface area (Å²) in [4.78, 5) is 13.2. The Hall–Kier alpha value is -2.58. The number of hydrogen-bond acceptors (Lipinski definition) is 1. The molecule has 1 fully saturated rings. The van der Waals surface area contributed by atoms with Gasteiger partial charge in [-0.1, -0.05) is 86.1 Å². The van der Waals surface area contributed by atoms with Crippen LogP contribution in [0.4, 0.5) is 5.69 Å². The van der Waals surface area contributed by atoms with Crippen molar-refractivity contribution in [3.63, 3.8) is 0 Å². The third-order valence-electron chi connectivity index (χ3n) is 6.16. The molecule has 29 heavy (non-hydrogen) atoms. The van der Waals surface area contributed by atoms with Crippen LogP contribution in [0.3, 0.4) is 0 Å². The minimum absolute atomic E-state index is 0.0252. The molecule has 3 heteroatoms. The molecule has 0 unspecified atom stereocenters. The number of amides is 1. The Morgan fingerprint density at radius 3 is 1.90 bits per heavy atom. The van der Waals surface area contributed by atoms with Crippen LogP contribution >= 0.6 is 11.6 Å². The van der Waals surface area contributed by atoms with Crippen LogP contribution in [0, 0.1) is 5.92 Å². The molecule has 1 aliphatic carbocycles. The molecule has 1 N–H and O–H groups in total. The quantitative estimate of drug-likeness (QED) is 0.506. The molecule has 0 bridgehead atoms. The van der Waals surface area contributed by atoms with E-state index in [0.717, 1.165) is 19.3 Å². The molecular weight excluding hydrogens is 378 g/mol. The van der Waals surface area contributed by atoms with E-state index >= 15 is 0 Å². The monoisotopic (exact) mass is 403 g/mol. The summed E-state index contributed by atoms with van der Waals surface area (Å²) in [5.41, 5.74) is 5.43. The predicted octanol–water partition coefficient (Wildman–Crippen LogP) is 6.41. The maximum atomic E-state index is 13.2. The Labute approximate surface area is 177 Å². The van der Waals surface area contributed by atoms with Crippen molar-refractivity contribution in [3.05, 3.63) is 100 Å². The number of para-hydroxylation sites is 1. The average molecular weight is 404 g/mol. The van der Waals surface area contributed by atoms with Crippen LogP contribution < -0.4 is 5.32 Å². The van der Waals surface area contributed by atoms with Gasteiger partial charge in [0.05, 0.1) is 16.6 Å². The highest BCUT2D eigenvalue weighted by molar-refractivity contribution is 6.33. The van der Waals surface area contributed by atoms with Crippen LogP contribution in [-0.2, 0) is 23.1 Å². The summed E-state index contributed by atoms with van der Waals surface area (Å²) in [7, 11) is 0. The highest BCUT2D eigenvalue weighted by Gasteiger charge is 2.60. The molecule has 4 rings (SSSR count). The van der Waals surface area contributed by atoms with Crippen molar-refractivity contribution in [1.82, 2.24) is 0 Å². The minimum Gasteiger partial charge on any atom is -0.324 e. The summed E-state index contributed by atoms with van der Waals surface area (Å²) in [5, 5.41) is 3.60. The Morgan fingerprint density at radius 2 is 1.41 bits per heavy atom. The second kappa shape index (κ2) is 8.04. The Balaban J connectivity index is 1.68. The lowest BCUT2D eigenvalue weighted by Gasteiger charge is -2.20. The molecule has 0 spiro atoms. The fourth-order valence-corrected chi connectivity index (χ4v) is 4.43. The molecule has 0 aliphatic heterocycles. The number of anilines is 1. The van der Waals surface area contributed by atoms with Gasteiger partial charge in [0.1, 0.15) is 0 Å². The molecule has 1 aliphatic rings. The first-order valence-corrected chi connectivity index (χ1v) is 10.7. The van der Waals surface area contributed by atoms with Crippen molar-refractivity contribution >= 4 is 23.2 Å². The summed E-state index contributed by atoms with van der Waals surface area (Å²) < 4.78 is 0. The van der Waals surface area contributed by atoms with Crippen molar-refractivity contribution in [2.45, 2.75) is 38.5 Å². The standard InChI is InChI=1S/C26H26ClNO/c1-3-18-9-13-20(14-10-18)26(21-15-11-19(4-2)12-16-21)17-22(26)25(29)28-24-8-6-5-7-23(24)27/h5-16,22H,3-4,17H2,1-2H3,(H,28,29)/t22-/m0/s1. The summed E-state index contributed by atoms with van der Waals surface area (Å²) in [6, 6.07) is 24.9. The third kappa shape index (κ3) is 3.70. The van der Waals surface area contributed by atoms with Gasteiger partial charge in [0.2, 0.25) is 5.91 Å². The first-order chi connectivity index (χ1) is 14.1. The van der Waals surface area contributed by atoms with E-state index in [1.54, 1.807) is 6.07 Å². The van der Waals surface area contributed by atoms with E-state index < -0.39 is 0 Å². The summed E-state index contributed by atoms with van der Waals surface area (Å²) in [5.74, 6) is -0.0871. The summed E-state index contributed by atoms with van der Waals surface area (Å²) in [6.45, 7) is 4.32. The van der Waals surface area contributed by atoms with E-state index in [2.05, 4.69) is 67.7 Å². The Morgan fingerprint density at radius 1 is 0.897 bits per heavy atom. The second-order valence-corrected chi connectivity index (χ2v) is 8.21.